The molecule has 1 atom stereocenters. The lowest BCUT2D eigenvalue weighted by Gasteiger charge is -2.27. The van der Waals surface area contributed by atoms with E-state index in [4.69, 9.17) is 9.79 Å². The van der Waals surface area contributed by atoms with Gasteiger partial charge in [0.1, 0.15) is 12.3 Å². The van der Waals surface area contributed by atoms with Crippen molar-refractivity contribution in [3.8, 4) is 0 Å². The number of hydrogen-bond donors (Lipinski definition) is 4. The third kappa shape index (κ3) is 7.78. The van der Waals surface area contributed by atoms with Crippen LogP contribution in [0.15, 0.2) is 29.2 Å². The maximum atomic E-state index is 12.4. The van der Waals surface area contributed by atoms with Crippen LogP contribution in [0, 0.1) is 5.92 Å². The largest absolute Gasteiger partial charge is 0.480 e. The van der Waals surface area contributed by atoms with Crippen molar-refractivity contribution >= 4 is 31.4 Å². The number of hydrogen-bond acceptors (Lipinski definition) is 4. The normalized spacial score (nSPS) is 12.7. The molecule has 1 aromatic carbocycles. The van der Waals surface area contributed by atoms with Gasteiger partial charge in [-0.2, -0.15) is 0 Å². The fourth-order valence-electron chi connectivity index (χ4n) is 2.40. The van der Waals surface area contributed by atoms with Gasteiger partial charge in [-0.15, -0.1) is 11.8 Å². The van der Waals surface area contributed by atoms with Gasteiger partial charge in [-0.25, -0.2) is 9.59 Å². The number of thioether (sulfide) groups is 1. The van der Waals surface area contributed by atoms with Crippen LogP contribution in [0.1, 0.15) is 19.4 Å². The molecule has 0 heterocycles. The molecule has 0 saturated carbocycles. The zero-order valence-corrected chi connectivity index (χ0v) is 16.7. The van der Waals surface area contributed by atoms with Crippen molar-refractivity contribution < 1.29 is 29.0 Å². The van der Waals surface area contributed by atoms with E-state index in [-0.39, 0.29) is 18.9 Å². The van der Waals surface area contributed by atoms with Crippen molar-refractivity contribution in [2.24, 2.45) is 5.92 Å². The molecule has 0 aliphatic rings. The van der Waals surface area contributed by atoms with Crippen LogP contribution < -0.4 is 5.32 Å². The lowest BCUT2D eigenvalue weighted by Crippen LogP contribution is -2.50. The first-order chi connectivity index (χ1) is 12.0. The maximum Gasteiger partial charge on any atom is 0.344 e. The standard InChI is InChI=1S/C16H25N2O6PS/c1-11(2)9-18(10-25(22,23)24)16(21)17-13(15(19)20)8-12-6-4-5-7-14(12)26-3/h4-7,11,13H,8-10H2,1-3H3,(H,17,21)(H,19,20)(H2,22,23,24)/t13-/m0/s1. The van der Waals surface area contributed by atoms with Crippen LogP contribution >= 0.6 is 19.4 Å². The van der Waals surface area contributed by atoms with Crippen LogP contribution in [0.5, 0.6) is 0 Å². The van der Waals surface area contributed by atoms with Gasteiger partial charge in [0, 0.05) is 17.9 Å². The van der Waals surface area contributed by atoms with Crippen molar-refractivity contribution in [3.05, 3.63) is 29.8 Å². The van der Waals surface area contributed by atoms with E-state index in [9.17, 15) is 19.3 Å². The van der Waals surface area contributed by atoms with Crippen LogP contribution in [0.25, 0.3) is 0 Å². The van der Waals surface area contributed by atoms with Crippen LogP contribution in [0.2, 0.25) is 0 Å². The van der Waals surface area contributed by atoms with E-state index in [1.165, 1.54) is 11.8 Å². The minimum absolute atomic E-state index is 0.0344. The summed E-state index contributed by atoms with van der Waals surface area (Å²) in [6, 6.07) is 5.26. The molecule has 1 rings (SSSR count). The predicted molar refractivity (Wildman–Crippen MR) is 100 cm³/mol. The summed E-state index contributed by atoms with van der Waals surface area (Å²) in [7, 11) is -4.46. The Hall–Kier alpha value is -1.54. The summed E-state index contributed by atoms with van der Waals surface area (Å²) in [5.41, 5.74) is 0.776. The van der Waals surface area contributed by atoms with Gasteiger partial charge in [-0.1, -0.05) is 32.0 Å². The third-order valence-corrected chi connectivity index (χ3v) is 4.99. The number of aliphatic carboxylic acids is 1. The zero-order chi connectivity index (χ0) is 19.9. The molecule has 0 spiro atoms. The first kappa shape index (κ1) is 22.5. The van der Waals surface area contributed by atoms with Crippen LogP contribution in [-0.4, -0.2) is 56.9 Å². The minimum atomic E-state index is -4.46. The highest BCUT2D eigenvalue weighted by Gasteiger charge is 2.28. The molecular formula is C16H25N2O6PS. The van der Waals surface area contributed by atoms with Gasteiger partial charge in [0.15, 0.2) is 0 Å². The van der Waals surface area contributed by atoms with Gasteiger partial charge < -0.3 is 25.1 Å². The number of carbonyl (C=O) groups is 2. The Morgan fingerprint density at radius 3 is 2.38 bits per heavy atom. The summed E-state index contributed by atoms with van der Waals surface area (Å²) in [5, 5.41) is 11.8. The lowest BCUT2D eigenvalue weighted by atomic mass is 10.1. The van der Waals surface area contributed by atoms with Gasteiger partial charge in [0.25, 0.3) is 0 Å². The molecule has 0 saturated heterocycles. The number of nitrogens with one attached hydrogen (secondary N) is 1. The van der Waals surface area contributed by atoms with E-state index < -0.39 is 31.9 Å². The Labute approximate surface area is 157 Å². The molecule has 0 aromatic heterocycles. The van der Waals surface area contributed by atoms with Gasteiger partial charge in [0.2, 0.25) is 0 Å². The Kier molecular flexibility index (Phi) is 8.62. The van der Waals surface area contributed by atoms with E-state index >= 15 is 0 Å². The van der Waals surface area contributed by atoms with E-state index in [0.29, 0.717) is 0 Å². The smallest absolute Gasteiger partial charge is 0.344 e. The first-order valence-electron chi connectivity index (χ1n) is 7.98. The van der Waals surface area contributed by atoms with E-state index in [0.717, 1.165) is 15.4 Å². The topological polar surface area (TPSA) is 127 Å². The van der Waals surface area contributed by atoms with Gasteiger partial charge in [-0.05, 0) is 23.8 Å². The summed E-state index contributed by atoms with van der Waals surface area (Å²) in [5.74, 6) is -1.25. The van der Waals surface area contributed by atoms with Crippen molar-refractivity contribution in [2.45, 2.75) is 31.2 Å². The molecule has 146 valence electrons. The number of amides is 2. The molecular weight excluding hydrogens is 379 g/mol. The second kappa shape index (κ2) is 9.97. The molecule has 0 radical (unpaired) electrons. The van der Waals surface area contributed by atoms with Crippen LogP contribution in [-0.2, 0) is 15.8 Å². The Morgan fingerprint density at radius 1 is 1.27 bits per heavy atom. The van der Waals surface area contributed by atoms with Crippen molar-refractivity contribution in [1.82, 2.24) is 10.2 Å². The number of carbonyl (C=O) groups excluding carboxylic acids is 1. The number of nitrogens with zero attached hydrogens (tertiary/aromatic N) is 1. The molecule has 0 bridgehead atoms. The zero-order valence-electron chi connectivity index (χ0n) is 15.0. The average molecular weight is 404 g/mol. The summed E-state index contributed by atoms with van der Waals surface area (Å²) in [6.07, 6.45) is 1.19. The number of urea groups is 1. The Morgan fingerprint density at radius 2 is 1.88 bits per heavy atom. The number of benzene rings is 1. The quantitative estimate of drug-likeness (QED) is 0.367. The van der Waals surface area contributed by atoms with E-state index in [2.05, 4.69) is 5.32 Å². The Bertz CT molecular complexity index is 678. The van der Waals surface area contributed by atoms with Gasteiger partial charge in [-0.3, -0.25) is 4.57 Å². The monoisotopic (exact) mass is 404 g/mol. The van der Waals surface area contributed by atoms with E-state index in [1.807, 2.05) is 18.4 Å². The summed E-state index contributed by atoms with van der Waals surface area (Å²) in [4.78, 5) is 44.2. The van der Waals surface area contributed by atoms with Crippen molar-refractivity contribution in [1.29, 1.82) is 0 Å². The van der Waals surface area contributed by atoms with Gasteiger partial charge >= 0.3 is 19.6 Å². The number of rotatable bonds is 9. The highest BCUT2D eigenvalue weighted by atomic mass is 32.2. The Balaban J connectivity index is 2.94. The van der Waals surface area contributed by atoms with Crippen LogP contribution in [0.4, 0.5) is 4.79 Å². The van der Waals surface area contributed by atoms with Crippen LogP contribution in [0.3, 0.4) is 0 Å². The highest BCUT2D eigenvalue weighted by Crippen LogP contribution is 2.35. The maximum absolute atomic E-state index is 12.4. The molecule has 4 N–H and O–H groups in total. The van der Waals surface area contributed by atoms with E-state index in [1.54, 1.807) is 26.0 Å². The molecule has 1 aromatic rings. The second-order valence-corrected chi connectivity index (χ2v) is 8.74. The van der Waals surface area contributed by atoms with Crippen molar-refractivity contribution in [3.63, 3.8) is 0 Å². The number of carboxylic acids is 1. The second-order valence-electron chi connectivity index (χ2n) is 6.28. The third-order valence-electron chi connectivity index (χ3n) is 3.44. The summed E-state index contributed by atoms with van der Waals surface area (Å²) >= 11 is 1.47. The fourth-order valence-corrected chi connectivity index (χ4v) is 3.72. The lowest BCUT2D eigenvalue weighted by molar-refractivity contribution is -0.139. The average Bonchev–Trinajstić information content (AvgIpc) is 2.52. The molecule has 0 fully saturated rings. The summed E-state index contributed by atoms with van der Waals surface area (Å²) in [6.45, 7) is 3.69. The minimum Gasteiger partial charge on any atom is -0.480 e. The number of carboxylic acid groups (broad SMARTS) is 1. The molecule has 10 heteroatoms. The fraction of sp³-hybridized carbons (Fsp3) is 0.500. The molecule has 2 amide bonds. The SMILES string of the molecule is CSc1ccccc1C[C@H](NC(=O)N(CC(C)C)CP(=O)(O)O)C(=O)O. The molecule has 0 aliphatic carbocycles. The van der Waals surface area contributed by atoms with Gasteiger partial charge in [0.05, 0.1) is 0 Å². The molecule has 0 unspecified atom stereocenters. The predicted octanol–water partition coefficient (Wildman–Crippen LogP) is 2.21. The highest BCUT2D eigenvalue weighted by molar-refractivity contribution is 7.98. The summed E-state index contributed by atoms with van der Waals surface area (Å²) < 4.78 is 11.3. The molecule has 0 aliphatic heterocycles. The molecule has 26 heavy (non-hydrogen) atoms. The molecule has 8 nitrogen and oxygen atoms in total. The van der Waals surface area contributed by atoms with Crippen molar-refractivity contribution in [2.75, 3.05) is 19.1 Å². The first-order valence-corrected chi connectivity index (χ1v) is 11.0.